The number of fused-ring (bicyclic) bond motifs is 1. The molecule has 0 radical (unpaired) electrons. The van der Waals surface area contributed by atoms with Crippen molar-refractivity contribution < 1.29 is 9.53 Å². The van der Waals surface area contributed by atoms with Crippen molar-refractivity contribution in [2.45, 2.75) is 12.8 Å². The van der Waals surface area contributed by atoms with Crippen molar-refractivity contribution in [2.24, 2.45) is 0 Å². The van der Waals surface area contributed by atoms with Crippen LogP contribution in [0.5, 0.6) is 5.75 Å². The molecule has 0 saturated carbocycles. The average Bonchev–Trinajstić information content (AvgIpc) is 2.81. The van der Waals surface area contributed by atoms with Gasteiger partial charge in [0.2, 0.25) is 0 Å². The summed E-state index contributed by atoms with van der Waals surface area (Å²) in [4.78, 5) is 17.0. The molecule has 4 aromatic rings. The van der Waals surface area contributed by atoms with E-state index in [4.69, 9.17) is 9.72 Å². The number of hydrogen-bond donors (Lipinski definition) is 1. The van der Waals surface area contributed by atoms with E-state index >= 15 is 0 Å². The fourth-order valence-electron chi connectivity index (χ4n) is 3.38. The monoisotopic (exact) mass is 396 g/mol. The van der Waals surface area contributed by atoms with Gasteiger partial charge in [-0.25, -0.2) is 4.98 Å². The first kappa shape index (κ1) is 19.6. The number of rotatable bonds is 8. The number of nitrogens with zero attached hydrogens (tertiary/aromatic N) is 1. The largest absolute Gasteiger partial charge is 0.483 e. The van der Waals surface area contributed by atoms with Crippen molar-refractivity contribution in [1.82, 2.24) is 10.3 Å². The molecule has 0 aliphatic carbocycles. The lowest BCUT2D eigenvalue weighted by Gasteiger charge is -2.12. The molecule has 0 saturated heterocycles. The molecule has 1 N–H and O–H groups in total. The van der Waals surface area contributed by atoms with Crippen LogP contribution in [-0.4, -0.2) is 24.0 Å². The minimum atomic E-state index is -0.120. The molecule has 1 aromatic heterocycles. The summed E-state index contributed by atoms with van der Waals surface area (Å²) in [5.41, 5.74) is 3.96. The number of carbonyl (C=O) groups is 1. The van der Waals surface area contributed by atoms with Crippen LogP contribution < -0.4 is 10.1 Å². The first-order valence-electron chi connectivity index (χ1n) is 10.2. The average molecular weight is 396 g/mol. The SMILES string of the molecule is O=C(COc1cc(-c2ccccc2)nc2ccccc12)NCCCc1ccccc1. The first-order valence-corrected chi connectivity index (χ1v) is 10.2. The number of pyridine rings is 1. The fraction of sp³-hybridized carbons (Fsp3) is 0.154. The molecule has 4 heteroatoms. The molecule has 1 amide bonds. The van der Waals surface area contributed by atoms with Gasteiger partial charge in [-0.1, -0.05) is 72.8 Å². The second-order valence-electron chi connectivity index (χ2n) is 7.12. The molecule has 30 heavy (non-hydrogen) atoms. The molecule has 4 nitrogen and oxygen atoms in total. The maximum absolute atomic E-state index is 12.3. The molecule has 0 bridgehead atoms. The van der Waals surface area contributed by atoms with Gasteiger partial charge in [0.1, 0.15) is 5.75 Å². The third-order valence-corrected chi connectivity index (χ3v) is 4.91. The van der Waals surface area contributed by atoms with Crippen LogP contribution in [0, 0.1) is 0 Å². The Morgan fingerprint density at radius 1 is 0.867 bits per heavy atom. The van der Waals surface area contributed by atoms with Gasteiger partial charge in [-0.3, -0.25) is 4.79 Å². The van der Waals surface area contributed by atoms with Crippen LogP contribution in [0.2, 0.25) is 0 Å². The van der Waals surface area contributed by atoms with E-state index in [1.807, 2.05) is 78.9 Å². The number of aryl methyl sites for hydroxylation is 1. The van der Waals surface area contributed by atoms with Crippen LogP contribution in [0.15, 0.2) is 91.0 Å². The number of amides is 1. The number of carbonyl (C=O) groups excluding carboxylic acids is 1. The van der Waals surface area contributed by atoms with E-state index < -0.39 is 0 Å². The quantitative estimate of drug-likeness (QED) is 0.425. The number of ether oxygens (including phenoxy) is 1. The smallest absolute Gasteiger partial charge is 0.257 e. The molecule has 0 aliphatic heterocycles. The molecule has 0 atom stereocenters. The van der Waals surface area contributed by atoms with Crippen LogP contribution in [-0.2, 0) is 11.2 Å². The minimum absolute atomic E-state index is 0.0203. The Hall–Kier alpha value is -3.66. The molecule has 0 fully saturated rings. The number of nitrogens with one attached hydrogen (secondary N) is 1. The zero-order valence-corrected chi connectivity index (χ0v) is 16.8. The second kappa shape index (κ2) is 9.70. The van der Waals surface area contributed by atoms with E-state index in [1.54, 1.807) is 0 Å². The highest BCUT2D eigenvalue weighted by Crippen LogP contribution is 2.29. The van der Waals surface area contributed by atoms with E-state index in [0.29, 0.717) is 12.3 Å². The molecular formula is C26H24N2O2. The van der Waals surface area contributed by atoms with Crippen LogP contribution in [0.3, 0.4) is 0 Å². The predicted molar refractivity (Wildman–Crippen MR) is 120 cm³/mol. The van der Waals surface area contributed by atoms with Crippen LogP contribution in [0.25, 0.3) is 22.2 Å². The van der Waals surface area contributed by atoms with Crippen LogP contribution in [0.1, 0.15) is 12.0 Å². The van der Waals surface area contributed by atoms with Gasteiger partial charge >= 0.3 is 0 Å². The van der Waals surface area contributed by atoms with Crippen molar-refractivity contribution in [3.63, 3.8) is 0 Å². The van der Waals surface area contributed by atoms with Crippen molar-refractivity contribution in [3.05, 3.63) is 96.6 Å². The van der Waals surface area contributed by atoms with Gasteiger partial charge in [0.15, 0.2) is 6.61 Å². The van der Waals surface area contributed by atoms with E-state index in [1.165, 1.54) is 5.56 Å². The molecule has 0 unspecified atom stereocenters. The lowest BCUT2D eigenvalue weighted by molar-refractivity contribution is -0.123. The van der Waals surface area contributed by atoms with E-state index in [-0.39, 0.29) is 12.5 Å². The van der Waals surface area contributed by atoms with Gasteiger partial charge in [-0.05, 0) is 30.5 Å². The standard InChI is InChI=1S/C26H24N2O2/c29-26(27-17-9-12-20-10-3-1-4-11-20)19-30-25-18-24(21-13-5-2-6-14-21)28-23-16-8-7-15-22(23)25/h1-8,10-11,13-16,18H,9,12,17,19H2,(H,27,29). The van der Waals surface area contributed by atoms with Crippen molar-refractivity contribution in [3.8, 4) is 17.0 Å². The number of hydrogen-bond acceptors (Lipinski definition) is 3. The molecule has 4 rings (SSSR count). The first-order chi connectivity index (χ1) is 14.8. The maximum atomic E-state index is 12.3. The van der Waals surface area contributed by atoms with Gasteiger partial charge < -0.3 is 10.1 Å². The normalized spacial score (nSPS) is 10.7. The van der Waals surface area contributed by atoms with Crippen molar-refractivity contribution >= 4 is 16.8 Å². The zero-order chi connectivity index (χ0) is 20.6. The van der Waals surface area contributed by atoms with Crippen LogP contribution >= 0.6 is 0 Å². The summed E-state index contributed by atoms with van der Waals surface area (Å²) in [6, 6.07) is 30.0. The summed E-state index contributed by atoms with van der Waals surface area (Å²) in [6.07, 6.45) is 1.84. The summed E-state index contributed by atoms with van der Waals surface area (Å²) in [6.45, 7) is 0.608. The second-order valence-corrected chi connectivity index (χ2v) is 7.12. The Morgan fingerprint density at radius 2 is 1.57 bits per heavy atom. The Morgan fingerprint density at radius 3 is 2.37 bits per heavy atom. The topological polar surface area (TPSA) is 51.2 Å². The number of benzene rings is 3. The Kier molecular flexibility index (Phi) is 6.35. The summed E-state index contributed by atoms with van der Waals surface area (Å²) < 4.78 is 5.91. The zero-order valence-electron chi connectivity index (χ0n) is 16.8. The van der Waals surface area contributed by atoms with Gasteiger partial charge in [0, 0.05) is 23.6 Å². The minimum Gasteiger partial charge on any atom is -0.483 e. The van der Waals surface area contributed by atoms with E-state index in [2.05, 4.69) is 17.4 Å². The van der Waals surface area contributed by atoms with Gasteiger partial charge in [0.25, 0.3) is 5.91 Å². The molecule has 0 aliphatic rings. The van der Waals surface area contributed by atoms with E-state index in [9.17, 15) is 4.79 Å². The Balaban J connectivity index is 1.38. The van der Waals surface area contributed by atoms with Crippen LogP contribution in [0.4, 0.5) is 0 Å². The van der Waals surface area contributed by atoms with Gasteiger partial charge in [0.05, 0.1) is 11.2 Å². The summed E-state index contributed by atoms with van der Waals surface area (Å²) in [7, 11) is 0. The molecule has 150 valence electrons. The maximum Gasteiger partial charge on any atom is 0.257 e. The number of para-hydroxylation sites is 1. The number of aromatic nitrogens is 1. The molecule has 3 aromatic carbocycles. The highest BCUT2D eigenvalue weighted by atomic mass is 16.5. The lowest BCUT2D eigenvalue weighted by atomic mass is 10.1. The Labute approximate surface area is 176 Å². The summed E-state index contributed by atoms with van der Waals surface area (Å²) >= 11 is 0. The fourth-order valence-corrected chi connectivity index (χ4v) is 3.38. The molecule has 1 heterocycles. The van der Waals surface area contributed by atoms with Crippen molar-refractivity contribution in [2.75, 3.05) is 13.2 Å². The highest BCUT2D eigenvalue weighted by Gasteiger charge is 2.10. The predicted octanol–water partition coefficient (Wildman–Crippen LogP) is 5.03. The summed E-state index contributed by atoms with van der Waals surface area (Å²) in [5.74, 6) is 0.545. The van der Waals surface area contributed by atoms with Gasteiger partial charge in [-0.15, -0.1) is 0 Å². The van der Waals surface area contributed by atoms with Crippen molar-refractivity contribution in [1.29, 1.82) is 0 Å². The highest BCUT2D eigenvalue weighted by molar-refractivity contribution is 5.88. The lowest BCUT2D eigenvalue weighted by Crippen LogP contribution is -2.30. The summed E-state index contributed by atoms with van der Waals surface area (Å²) in [5, 5.41) is 3.84. The third-order valence-electron chi connectivity index (χ3n) is 4.91. The molecule has 0 spiro atoms. The van der Waals surface area contributed by atoms with Gasteiger partial charge in [-0.2, -0.15) is 0 Å². The third kappa shape index (κ3) is 5.03. The molecular weight excluding hydrogens is 372 g/mol. The Bertz CT molecular complexity index is 1110. The van der Waals surface area contributed by atoms with E-state index in [0.717, 1.165) is 35.0 Å².